The molecule has 3 aromatic carbocycles. The summed E-state index contributed by atoms with van der Waals surface area (Å²) >= 11 is 5.92. The van der Waals surface area contributed by atoms with Gasteiger partial charge < -0.3 is 15.7 Å². The number of tetrazole rings is 1. The normalized spacial score (nSPS) is 11.7. The van der Waals surface area contributed by atoms with Crippen LogP contribution in [0.3, 0.4) is 0 Å². The summed E-state index contributed by atoms with van der Waals surface area (Å²) < 4.78 is 16.0. The molecule has 0 bridgehead atoms. The fourth-order valence-electron chi connectivity index (χ4n) is 3.39. The van der Waals surface area contributed by atoms with Gasteiger partial charge in [-0.05, 0) is 58.5 Å². The first-order valence-electron chi connectivity index (χ1n) is 10.7. The van der Waals surface area contributed by atoms with Gasteiger partial charge in [0, 0.05) is 17.3 Å². The summed E-state index contributed by atoms with van der Waals surface area (Å²) in [5.74, 6) is -3.13. The highest BCUT2D eigenvalue weighted by Gasteiger charge is 2.22. The van der Waals surface area contributed by atoms with Crippen LogP contribution in [0.15, 0.2) is 79.1 Å². The Bertz CT molecular complexity index is 1460. The van der Waals surface area contributed by atoms with Crippen LogP contribution in [0.25, 0.3) is 11.8 Å². The molecule has 3 N–H and O–H groups in total. The van der Waals surface area contributed by atoms with Crippen LogP contribution < -0.4 is 10.6 Å². The first kappa shape index (κ1) is 25.2. The zero-order valence-corrected chi connectivity index (χ0v) is 19.6. The quantitative estimate of drug-likeness (QED) is 0.301. The zero-order valence-electron chi connectivity index (χ0n) is 18.9. The SMILES string of the molecule is O=C(/C=C/c1c(-n2cnnn2)ccc(Cl)c1F)N[C@H](C(=O)Nc1ccc(C(=O)O)cc1)c1ccccc1. The Morgan fingerprint density at radius 3 is 2.41 bits per heavy atom. The summed E-state index contributed by atoms with van der Waals surface area (Å²) in [6, 6.07) is 15.8. The Morgan fingerprint density at radius 1 is 1.03 bits per heavy atom. The lowest BCUT2D eigenvalue weighted by Crippen LogP contribution is -2.36. The monoisotopic (exact) mass is 520 g/mol. The number of carboxylic acid groups (broad SMARTS) is 1. The summed E-state index contributed by atoms with van der Waals surface area (Å²) in [4.78, 5) is 37.0. The first-order chi connectivity index (χ1) is 17.8. The third kappa shape index (κ3) is 6.03. The molecule has 0 aliphatic heterocycles. The molecule has 4 rings (SSSR count). The number of halogens is 2. The molecule has 12 heteroatoms. The molecule has 37 heavy (non-hydrogen) atoms. The topological polar surface area (TPSA) is 139 Å². The fourth-order valence-corrected chi connectivity index (χ4v) is 3.56. The minimum atomic E-state index is -1.11. The number of rotatable bonds is 8. The molecule has 4 aromatic rings. The Morgan fingerprint density at radius 2 is 1.76 bits per heavy atom. The van der Waals surface area contributed by atoms with Gasteiger partial charge in [-0.15, -0.1) is 5.10 Å². The summed E-state index contributed by atoms with van der Waals surface area (Å²) in [5, 5.41) is 24.9. The fraction of sp³-hybridized carbons (Fsp3) is 0.0400. The number of amides is 2. The second-order valence-corrected chi connectivity index (χ2v) is 8.01. The molecular weight excluding hydrogens is 503 g/mol. The van der Waals surface area contributed by atoms with E-state index in [2.05, 4.69) is 26.2 Å². The molecular formula is C25H18ClFN6O4. The van der Waals surface area contributed by atoms with Crippen molar-refractivity contribution in [2.24, 2.45) is 0 Å². The number of carboxylic acids is 1. The van der Waals surface area contributed by atoms with Gasteiger partial charge >= 0.3 is 5.97 Å². The minimum Gasteiger partial charge on any atom is -0.478 e. The third-order valence-corrected chi connectivity index (χ3v) is 5.48. The van der Waals surface area contributed by atoms with Crippen LogP contribution in [0.1, 0.15) is 27.5 Å². The molecule has 0 spiro atoms. The Hall–Kier alpha value is -4.90. The Balaban J connectivity index is 1.57. The molecule has 0 saturated heterocycles. The van der Waals surface area contributed by atoms with Gasteiger partial charge in [0.1, 0.15) is 12.4 Å². The Kier molecular flexibility index (Phi) is 7.65. The second kappa shape index (κ2) is 11.2. The predicted molar refractivity (Wildman–Crippen MR) is 133 cm³/mol. The van der Waals surface area contributed by atoms with Crippen molar-refractivity contribution in [1.82, 2.24) is 25.5 Å². The van der Waals surface area contributed by atoms with E-state index in [4.69, 9.17) is 16.7 Å². The van der Waals surface area contributed by atoms with Crippen LogP contribution in [0.4, 0.5) is 10.1 Å². The summed E-state index contributed by atoms with van der Waals surface area (Å²) in [6.45, 7) is 0. The van der Waals surface area contributed by atoms with Gasteiger partial charge in [0.15, 0.2) is 5.82 Å². The van der Waals surface area contributed by atoms with Crippen molar-refractivity contribution in [3.8, 4) is 5.69 Å². The summed E-state index contributed by atoms with van der Waals surface area (Å²) in [6.07, 6.45) is 3.53. The van der Waals surface area contributed by atoms with Crippen molar-refractivity contribution >= 4 is 41.1 Å². The van der Waals surface area contributed by atoms with Gasteiger partial charge in [0.05, 0.1) is 16.3 Å². The molecule has 186 valence electrons. The summed E-state index contributed by atoms with van der Waals surface area (Å²) in [7, 11) is 0. The van der Waals surface area contributed by atoms with Gasteiger partial charge in [-0.2, -0.15) is 4.68 Å². The zero-order chi connectivity index (χ0) is 26.4. The molecule has 1 heterocycles. The standard InChI is InChI=1S/C25H18ClFN6O4/c26-19-11-12-20(33-14-28-31-32-33)18(22(19)27)10-13-21(34)30-23(15-4-2-1-3-5-15)24(35)29-17-8-6-16(7-9-17)25(36)37/h1-14,23H,(H,29,35)(H,30,34)(H,36,37)/b13-10+/t23-/m0/s1. The van der Waals surface area contributed by atoms with E-state index < -0.39 is 29.6 Å². The van der Waals surface area contributed by atoms with Gasteiger partial charge in [-0.3, -0.25) is 9.59 Å². The number of hydrogen-bond donors (Lipinski definition) is 3. The van der Waals surface area contributed by atoms with Gasteiger partial charge in [0.2, 0.25) is 5.91 Å². The molecule has 0 radical (unpaired) electrons. The number of nitrogens with zero attached hydrogens (tertiary/aromatic N) is 4. The molecule has 1 aromatic heterocycles. The van der Waals surface area contributed by atoms with Crippen LogP contribution in [0, 0.1) is 5.82 Å². The van der Waals surface area contributed by atoms with Crippen LogP contribution >= 0.6 is 11.6 Å². The molecule has 10 nitrogen and oxygen atoms in total. The minimum absolute atomic E-state index is 0.0332. The van der Waals surface area contributed by atoms with Crippen molar-refractivity contribution in [3.63, 3.8) is 0 Å². The van der Waals surface area contributed by atoms with Crippen molar-refractivity contribution in [1.29, 1.82) is 0 Å². The number of aromatic carboxylic acids is 1. The molecule has 0 aliphatic rings. The van der Waals surface area contributed by atoms with Crippen LogP contribution in [0.5, 0.6) is 0 Å². The van der Waals surface area contributed by atoms with Crippen molar-refractivity contribution < 1.29 is 23.9 Å². The maximum absolute atomic E-state index is 14.8. The van der Waals surface area contributed by atoms with E-state index in [0.717, 1.165) is 6.08 Å². The average molecular weight is 521 g/mol. The largest absolute Gasteiger partial charge is 0.478 e. The highest BCUT2D eigenvalue weighted by atomic mass is 35.5. The predicted octanol–water partition coefficient (Wildman–Crippen LogP) is 3.66. The van der Waals surface area contributed by atoms with E-state index in [0.29, 0.717) is 11.3 Å². The van der Waals surface area contributed by atoms with E-state index >= 15 is 0 Å². The van der Waals surface area contributed by atoms with Gasteiger partial charge in [-0.25, -0.2) is 9.18 Å². The lowest BCUT2D eigenvalue weighted by Gasteiger charge is -2.18. The first-order valence-corrected chi connectivity index (χ1v) is 11.1. The number of carbonyl (C=O) groups is 3. The highest BCUT2D eigenvalue weighted by molar-refractivity contribution is 6.31. The Labute approximate surface area is 214 Å². The molecule has 2 amide bonds. The van der Waals surface area contributed by atoms with Crippen molar-refractivity contribution in [2.45, 2.75) is 6.04 Å². The third-order valence-electron chi connectivity index (χ3n) is 5.19. The van der Waals surface area contributed by atoms with Gasteiger partial charge in [0.25, 0.3) is 5.91 Å². The maximum atomic E-state index is 14.8. The summed E-state index contributed by atoms with van der Waals surface area (Å²) in [5.41, 5.74) is 1.11. The number of benzene rings is 3. The second-order valence-electron chi connectivity index (χ2n) is 7.61. The average Bonchev–Trinajstić information content (AvgIpc) is 3.43. The van der Waals surface area contributed by atoms with Crippen LogP contribution in [-0.4, -0.2) is 43.1 Å². The molecule has 0 aliphatic carbocycles. The smallest absolute Gasteiger partial charge is 0.335 e. The lowest BCUT2D eigenvalue weighted by molar-refractivity contribution is -0.123. The van der Waals surface area contributed by atoms with E-state index in [9.17, 15) is 18.8 Å². The van der Waals surface area contributed by atoms with Crippen LogP contribution in [-0.2, 0) is 9.59 Å². The number of nitrogens with one attached hydrogen (secondary N) is 2. The van der Waals surface area contributed by atoms with E-state index in [-0.39, 0.29) is 21.8 Å². The van der Waals surface area contributed by atoms with E-state index in [1.54, 1.807) is 30.3 Å². The maximum Gasteiger partial charge on any atom is 0.335 e. The van der Waals surface area contributed by atoms with E-state index in [1.165, 1.54) is 53.5 Å². The number of anilines is 1. The number of carbonyl (C=O) groups excluding carboxylic acids is 2. The van der Waals surface area contributed by atoms with Gasteiger partial charge in [-0.1, -0.05) is 41.9 Å². The molecule has 0 saturated carbocycles. The van der Waals surface area contributed by atoms with E-state index in [1.807, 2.05) is 0 Å². The molecule has 0 unspecified atom stereocenters. The molecule has 0 fully saturated rings. The number of aromatic nitrogens is 4. The van der Waals surface area contributed by atoms with Crippen molar-refractivity contribution in [2.75, 3.05) is 5.32 Å². The van der Waals surface area contributed by atoms with Crippen LogP contribution in [0.2, 0.25) is 5.02 Å². The highest BCUT2D eigenvalue weighted by Crippen LogP contribution is 2.25. The van der Waals surface area contributed by atoms with Crippen molar-refractivity contribution in [3.05, 3.63) is 107 Å². The number of hydrogen-bond acceptors (Lipinski definition) is 6. The lowest BCUT2D eigenvalue weighted by atomic mass is 10.1. The molecule has 1 atom stereocenters.